The van der Waals surface area contributed by atoms with Gasteiger partial charge in [-0.3, -0.25) is 4.79 Å². The first-order valence-electron chi connectivity index (χ1n) is 7.81. The molecule has 0 aliphatic carbocycles. The molecule has 0 N–H and O–H groups in total. The van der Waals surface area contributed by atoms with Crippen LogP contribution in [0.2, 0.25) is 10.0 Å². The Morgan fingerprint density at radius 1 is 1.22 bits per heavy atom. The second kappa shape index (κ2) is 9.58. The van der Waals surface area contributed by atoms with Crippen molar-refractivity contribution in [2.24, 2.45) is 0 Å². The molecule has 144 valence electrons. The molecule has 1 amide bonds. The summed E-state index contributed by atoms with van der Waals surface area (Å²) in [5.41, 5.74) is 0.980. The van der Waals surface area contributed by atoms with E-state index in [2.05, 4.69) is 4.74 Å². The maximum absolute atomic E-state index is 12.7. The van der Waals surface area contributed by atoms with Crippen LogP contribution >= 0.6 is 23.2 Å². The summed E-state index contributed by atoms with van der Waals surface area (Å²) in [6.45, 7) is -2.78. The Bertz CT molecular complexity index is 844. The third-order valence-corrected chi connectivity index (χ3v) is 4.52. The topological polar surface area (TPSA) is 38.8 Å². The van der Waals surface area contributed by atoms with Crippen molar-refractivity contribution in [2.75, 3.05) is 14.2 Å². The van der Waals surface area contributed by atoms with E-state index in [-0.39, 0.29) is 29.5 Å². The summed E-state index contributed by atoms with van der Waals surface area (Å²) < 4.78 is 34.9. The third-order valence-electron chi connectivity index (χ3n) is 3.66. The van der Waals surface area contributed by atoms with Crippen LogP contribution in [0.1, 0.15) is 11.1 Å². The molecule has 0 aliphatic rings. The van der Waals surface area contributed by atoms with E-state index in [9.17, 15) is 13.6 Å². The highest BCUT2D eigenvalue weighted by atomic mass is 35.5. The Labute approximate surface area is 165 Å². The molecule has 0 saturated carbocycles. The second-order valence-corrected chi connectivity index (χ2v) is 6.28. The highest BCUT2D eigenvalue weighted by Crippen LogP contribution is 2.33. The number of para-hydroxylation sites is 1. The molecule has 2 aromatic carbocycles. The zero-order chi connectivity index (χ0) is 20.0. The average molecular weight is 416 g/mol. The van der Waals surface area contributed by atoms with Gasteiger partial charge in [-0.15, -0.1) is 0 Å². The maximum Gasteiger partial charge on any atom is 0.387 e. The predicted molar refractivity (Wildman–Crippen MR) is 102 cm³/mol. The molecule has 0 bridgehead atoms. The highest BCUT2D eigenvalue weighted by molar-refractivity contribution is 6.42. The molecule has 0 spiro atoms. The molecule has 8 heteroatoms. The van der Waals surface area contributed by atoms with E-state index in [1.54, 1.807) is 31.3 Å². The van der Waals surface area contributed by atoms with Crippen molar-refractivity contribution < 1.29 is 23.0 Å². The van der Waals surface area contributed by atoms with Crippen LogP contribution in [0, 0.1) is 0 Å². The van der Waals surface area contributed by atoms with Gasteiger partial charge in [0.2, 0.25) is 5.91 Å². The van der Waals surface area contributed by atoms with Gasteiger partial charge in [-0.05, 0) is 23.8 Å². The van der Waals surface area contributed by atoms with E-state index in [4.69, 9.17) is 27.9 Å². The number of methoxy groups -OCH3 is 1. The summed E-state index contributed by atoms with van der Waals surface area (Å²) in [6.07, 6.45) is 2.64. The number of likely N-dealkylation sites (N-methyl/N-ethyl adjacent to an activating group) is 1. The molecule has 27 heavy (non-hydrogen) atoms. The molecule has 2 rings (SSSR count). The van der Waals surface area contributed by atoms with E-state index in [1.165, 1.54) is 36.3 Å². The number of hydrogen-bond acceptors (Lipinski definition) is 3. The lowest BCUT2D eigenvalue weighted by atomic mass is 10.1. The largest absolute Gasteiger partial charge is 0.493 e. The van der Waals surface area contributed by atoms with Crippen molar-refractivity contribution >= 4 is 35.2 Å². The fourth-order valence-electron chi connectivity index (χ4n) is 2.33. The molecule has 2 aromatic rings. The van der Waals surface area contributed by atoms with Crippen molar-refractivity contribution in [2.45, 2.75) is 13.2 Å². The average Bonchev–Trinajstić information content (AvgIpc) is 2.63. The normalized spacial score (nSPS) is 11.1. The van der Waals surface area contributed by atoms with Crippen LogP contribution in [0.4, 0.5) is 8.78 Å². The molecule has 4 nitrogen and oxygen atoms in total. The Balaban J connectivity index is 2.17. The van der Waals surface area contributed by atoms with Gasteiger partial charge in [0.1, 0.15) is 0 Å². The van der Waals surface area contributed by atoms with Gasteiger partial charge in [0.05, 0.1) is 17.2 Å². The summed E-state index contributed by atoms with van der Waals surface area (Å²) in [5.74, 6) is -0.347. The Morgan fingerprint density at radius 3 is 2.59 bits per heavy atom. The van der Waals surface area contributed by atoms with Gasteiger partial charge >= 0.3 is 6.61 Å². The number of ether oxygens (including phenoxy) is 2. The number of amides is 1. The monoisotopic (exact) mass is 415 g/mol. The number of hydrogen-bond donors (Lipinski definition) is 0. The molecule has 0 radical (unpaired) electrons. The minimum absolute atomic E-state index is 0.139. The molecular weight excluding hydrogens is 399 g/mol. The minimum atomic E-state index is -3.02. The quantitative estimate of drug-likeness (QED) is 0.577. The number of carbonyl (C=O) groups is 1. The zero-order valence-corrected chi connectivity index (χ0v) is 16.1. The lowest BCUT2D eigenvalue weighted by Crippen LogP contribution is -2.24. The summed E-state index contributed by atoms with van der Waals surface area (Å²) in [6, 6.07) is 9.79. The molecule has 0 atom stereocenters. The van der Waals surface area contributed by atoms with Crippen LogP contribution in [-0.4, -0.2) is 31.6 Å². The Morgan fingerprint density at radius 2 is 1.93 bits per heavy atom. The molecule has 0 fully saturated rings. The third kappa shape index (κ3) is 5.58. The number of nitrogens with zero attached hydrogens (tertiary/aromatic N) is 1. The van der Waals surface area contributed by atoms with Gasteiger partial charge in [-0.25, -0.2) is 0 Å². The number of benzene rings is 2. The number of alkyl halides is 2. The zero-order valence-electron chi connectivity index (χ0n) is 14.6. The lowest BCUT2D eigenvalue weighted by molar-refractivity contribution is -0.125. The van der Waals surface area contributed by atoms with Crippen LogP contribution in [0.15, 0.2) is 42.5 Å². The predicted octanol–water partition coefficient (Wildman–Crippen LogP) is 5.28. The minimum Gasteiger partial charge on any atom is -0.493 e. The summed E-state index contributed by atoms with van der Waals surface area (Å²) in [4.78, 5) is 13.8. The highest BCUT2D eigenvalue weighted by Gasteiger charge is 2.15. The number of halogens is 4. The first kappa shape index (κ1) is 21.0. The molecular formula is C19H17Cl2F2NO3. The summed E-state index contributed by atoms with van der Waals surface area (Å²) in [5, 5.41) is 0.777. The van der Waals surface area contributed by atoms with E-state index < -0.39 is 6.61 Å². The van der Waals surface area contributed by atoms with Crippen LogP contribution in [0.25, 0.3) is 6.08 Å². The van der Waals surface area contributed by atoms with Gasteiger partial charge in [-0.2, -0.15) is 8.78 Å². The molecule has 0 heterocycles. The Hall–Kier alpha value is -2.31. The van der Waals surface area contributed by atoms with Crippen molar-refractivity contribution in [1.29, 1.82) is 0 Å². The van der Waals surface area contributed by atoms with Gasteiger partial charge < -0.3 is 14.4 Å². The fraction of sp³-hybridized carbons (Fsp3) is 0.211. The summed E-state index contributed by atoms with van der Waals surface area (Å²) in [7, 11) is 2.93. The van der Waals surface area contributed by atoms with E-state index in [0.29, 0.717) is 15.6 Å². The second-order valence-electron chi connectivity index (χ2n) is 5.50. The number of carbonyl (C=O) groups excluding carboxylic acids is 1. The standard InChI is InChI=1S/C19H17Cl2F2NO3/c1-24(11-13-6-3-7-14(20)17(13)21)16(25)10-9-12-5-4-8-15(26-2)18(12)27-19(22)23/h3-10,19H,11H2,1-2H3/b10-9+. The smallest absolute Gasteiger partial charge is 0.387 e. The van der Waals surface area contributed by atoms with Gasteiger partial charge in [0.15, 0.2) is 11.5 Å². The maximum atomic E-state index is 12.7. The molecule has 0 unspecified atom stereocenters. The van der Waals surface area contributed by atoms with E-state index >= 15 is 0 Å². The number of rotatable bonds is 7. The SMILES string of the molecule is COc1cccc(/C=C/C(=O)N(C)Cc2cccc(Cl)c2Cl)c1OC(F)F. The van der Waals surface area contributed by atoms with E-state index in [0.717, 1.165) is 0 Å². The van der Waals surface area contributed by atoms with Crippen molar-refractivity contribution in [1.82, 2.24) is 4.90 Å². The van der Waals surface area contributed by atoms with Gasteiger partial charge in [0, 0.05) is 25.2 Å². The molecule has 0 aliphatic heterocycles. The van der Waals surface area contributed by atoms with Crippen molar-refractivity contribution in [3.8, 4) is 11.5 Å². The summed E-state index contributed by atoms with van der Waals surface area (Å²) >= 11 is 12.1. The van der Waals surface area contributed by atoms with Crippen LogP contribution in [0.3, 0.4) is 0 Å². The lowest BCUT2D eigenvalue weighted by Gasteiger charge is -2.17. The van der Waals surface area contributed by atoms with Crippen LogP contribution in [0.5, 0.6) is 11.5 Å². The van der Waals surface area contributed by atoms with E-state index in [1.807, 2.05) is 0 Å². The first-order chi connectivity index (χ1) is 12.8. The fourth-order valence-corrected chi connectivity index (χ4v) is 2.71. The van der Waals surface area contributed by atoms with Crippen LogP contribution < -0.4 is 9.47 Å². The first-order valence-corrected chi connectivity index (χ1v) is 8.57. The van der Waals surface area contributed by atoms with Crippen LogP contribution in [-0.2, 0) is 11.3 Å². The van der Waals surface area contributed by atoms with Gasteiger partial charge in [0.25, 0.3) is 0 Å². The van der Waals surface area contributed by atoms with Gasteiger partial charge in [-0.1, -0.05) is 47.5 Å². The van der Waals surface area contributed by atoms with Crippen molar-refractivity contribution in [3.05, 3.63) is 63.6 Å². The molecule has 0 aromatic heterocycles. The Kier molecular flexibility index (Phi) is 7.45. The molecule has 0 saturated heterocycles. The van der Waals surface area contributed by atoms with Crippen molar-refractivity contribution in [3.63, 3.8) is 0 Å².